The van der Waals surface area contributed by atoms with Gasteiger partial charge in [-0.1, -0.05) is 30.3 Å². The second-order valence-corrected chi connectivity index (χ2v) is 6.82. The smallest absolute Gasteiger partial charge is 0.335 e. The number of allylic oxidation sites excluding steroid dienone is 1. The van der Waals surface area contributed by atoms with Crippen LogP contribution in [0.25, 0.3) is 0 Å². The van der Waals surface area contributed by atoms with E-state index >= 15 is 0 Å². The molecule has 1 fully saturated rings. The molecule has 2 aliphatic rings. The highest BCUT2D eigenvalue weighted by Crippen LogP contribution is 2.36. The number of benzene rings is 1. The molecule has 0 bridgehead atoms. The fourth-order valence-electron chi connectivity index (χ4n) is 3.96. The van der Waals surface area contributed by atoms with E-state index in [1.54, 1.807) is 0 Å². The fraction of sp³-hybridized carbons (Fsp3) is 0.571. The number of rotatable bonds is 8. The van der Waals surface area contributed by atoms with E-state index in [2.05, 4.69) is 17.0 Å². The summed E-state index contributed by atoms with van der Waals surface area (Å²) < 4.78 is 11.1. The van der Waals surface area contributed by atoms with Crippen LogP contribution in [0.3, 0.4) is 0 Å². The van der Waals surface area contributed by atoms with Crippen molar-refractivity contribution < 1.29 is 14.3 Å². The van der Waals surface area contributed by atoms with Crippen LogP contribution < -0.4 is 0 Å². The van der Waals surface area contributed by atoms with Crippen molar-refractivity contribution in [2.24, 2.45) is 0 Å². The van der Waals surface area contributed by atoms with Gasteiger partial charge in [0.1, 0.15) is 0 Å². The summed E-state index contributed by atoms with van der Waals surface area (Å²) in [6.07, 6.45) is 6.27. The largest absolute Gasteiger partial charge is 0.463 e. The van der Waals surface area contributed by atoms with E-state index < -0.39 is 0 Å². The second-order valence-electron chi connectivity index (χ2n) is 6.82. The van der Waals surface area contributed by atoms with E-state index in [4.69, 9.17) is 9.47 Å². The van der Waals surface area contributed by atoms with Gasteiger partial charge in [0.25, 0.3) is 0 Å². The molecule has 1 saturated heterocycles. The molecule has 1 aromatic rings. The summed E-state index contributed by atoms with van der Waals surface area (Å²) >= 11 is 0. The lowest BCUT2D eigenvalue weighted by atomic mass is 9.94. The van der Waals surface area contributed by atoms with Gasteiger partial charge in [0.15, 0.2) is 0 Å². The van der Waals surface area contributed by atoms with E-state index in [9.17, 15) is 4.79 Å². The van der Waals surface area contributed by atoms with E-state index in [0.717, 1.165) is 37.8 Å². The van der Waals surface area contributed by atoms with Crippen molar-refractivity contribution in [1.29, 1.82) is 0 Å². The minimum Gasteiger partial charge on any atom is -0.463 e. The maximum Gasteiger partial charge on any atom is 0.335 e. The highest BCUT2D eigenvalue weighted by Gasteiger charge is 2.34. The Morgan fingerprint density at radius 3 is 2.88 bits per heavy atom. The molecular weight excluding hydrogens is 314 g/mol. The van der Waals surface area contributed by atoms with Crippen LogP contribution in [-0.4, -0.2) is 36.7 Å². The van der Waals surface area contributed by atoms with Crippen molar-refractivity contribution in [3.63, 3.8) is 0 Å². The van der Waals surface area contributed by atoms with Crippen molar-refractivity contribution in [3.05, 3.63) is 47.2 Å². The molecule has 136 valence electrons. The van der Waals surface area contributed by atoms with Gasteiger partial charge in [-0.15, -0.1) is 0 Å². The van der Waals surface area contributed by atoms with Crippen LogP contribution in [0, 0.1) is 0 Å². The molecule has 1 atom stereocenters. The quantitative estimate of drug-likeness (QED) is 0.527. The molecule has 0 spiro atoms. The van der Waals surface area contributed by atoms with Crippen LogP contribution in [0.2, 0.25) is 0 Å². The lowest BCUT2D eigenvalue weighted by molar-refractivity contribution is -0.139. The van der Waals surface area contributed by atoms with Gasteiger partial charge in [0.2, 0.25) is 0 Å². The molecular formula is C21H29NO3. The minimum absolute atomic E-state index is 0.118. The Kier molecular flexibility index (Phi) is 6.51. The normalized spacial score (nSPS) is 19.9. The van der Waals surface area contributed by atoms with E-state index in [0.29, 0.717) is 25.9 Å². The molecule has 0 unspecified atom stereocenters. The van der Waals surface area contributed by atoms with Crippen LogP contribution in [-0.2, 0) is 20.9 Å². The Labute approximate surface area is 150 Å². The second kappa shape index (κ2) is 9.04. The molecule has 4 heteroatoms. The van der Waals surface area contributed by atoms with Crippen LogP contribution >= 0.6 is 0 Å². The first kappa shape index (κ1) is 18.0. The molecule has 4 nitrogen and oxygen atoms in total. The zero-order chi connectivity index (χ0) is 17.5. The topological polar surface area (TPSA) is 38.8 Å². The van der Waals surface area contributed by atoms with E-state index in [-0.39, 0.29) is 5.97 Å². The van der Waals surface area contributed by atoms with Crippen LogP contribution in [0.15, 0.2) is 41.6 Å². The first-order valence-corrected chi connectivity index (χ1v) is 9.57. The number of fused-ring (bicyclic) bond motifs is 1. The van der Waals surface area contributed by atoms with Crippen LogP contribution in [0.1, 0.15) is 51.0 Å². The third kappa shape index (κ3) is 4.63. The highest BCUT2D eigenvalue weighted by molar-refractivity contribution is 5.89. The molecule has 1 aromatic carbocycles. The minimum atomic E-state index is -0.118. The maximum absolute atomic E-state index is 12.3. The summed E-state index contributed by atoms with van der Waals surface area (Å²) in [4.78, 5) is 14.8. The van der Waals surface area contributed by atoms with Crippen molar-refractivity contribution in [1.82, 2.24) is 4.90 Å². The number of ether oxygens (including phenoxy) is 2. The molecule has 0 N–H and O–H groups in total. The van der Waals surface area contributed by atoms with Gasteiger partial charge in [0.05, 0.1) is 18.8 Å². The van der Waals surface area contributed by atoms with Gasteiger partial charge in [-0.2, -0.15) is 0 Å². The molecule has 2 aliphatic heterocycles. The van der Waals surface area contributed by atoms with Gasteiger partial charge < -0.3 is 14.4 Å². The standard InChI is InChI=1S/C21H29NO3/c1-2-25-21(23)19-13-12-18-10-6-14-22(18)20(19)11-7-15-24-16-17-8-4-3-5-9-17/h3-5,8-9,18H,2,6-7,10-16H2,1H3/t18-/m0/s1. The first-order valence-electron chi connectivity index (χ1n) is 9.57. The number of carbonyl (C=O) groups is 1. The lowest BCUT2D eigenvalue weighted by Crippen LogP contribution is -2.35. The molecule has 0 saturated carbocycles. The van der Waals surface area contributed by atoms with E-state index in [1.807, 2.05) is 25.1 Å². The molecule has 0 aliphatic carbocycles. The zero-order valence-electron chi connectivity index (χ0n) is 15.2. The Hall–Kier alpha value is -1.81. The number of nitrogens with zero attached hydrogens (tertiary/aromatic N) is 1. The maximum atomic E-state index is 12.3. The summed E-state index contributed by atoms with van der Waals surface area (Å²) in [5, 5.41) is 0. The Morgan fingerprint density at radius 1 is 1.24 bits per heavy atom. The molecule has 3 rings (SSSR count). The molecule has 0 aromatic heterocycles. The number of hydrogen-bond acceptors (Lipinski definition) is 4. The predicted molar refractivity (Wildman–Crippen MR) is 98.0 cm³/mol. The molecule has 25 heavy (non-hydrogen) atoms. The predicted octanol–water partition coefficient (Wildman–Crippen LogP) is 4.06. The molecule has 0 amide bonds. The molecule has 0 radical (unpaired) electrons. The Balaban J connectivity index is 1.55. The zero-order valence-corrected chi connectivity index (χ0v) is 15.2. The van der Waals surface area contributed by atoms with Crippen molar-refractivity contribution in [2.75, 3.05) is 19.8 Å². The summed E-state index contributed by atoms with van der Waals surface area (Å²) in [6.45, 7) is 4.76. The Bertz CT molecular complexity index is 596. The van der Waals surface area contributed by atoms with Crippen molar-refractivity contribution in [2.45, 2.75) is 58.1 Å². The van der Waals surface area contributed by atoms with Crippen LogP contribution in [0.5, 0.6) is 0 Å². The lowest BCUT2D eigenvalue weighted by Gasteiger charge is -2.35. The summed E-state index contributed by atoms with van der Waals surface area (Å²) in [5.74, 6) is -0.118. The van der Waals surface area contributed by atoms with Gasteiger partial charge in [-0.25, -0.2) is 4.79 Å². The van der Waals surface area contributed by atoms with Crippen molar-refractivity contribution >= 4 is 5.97 Å². The van der Waals surface area contributed by atoms with Gasteiger partial charge in [-0.05, 0) is 51.0 Å². The average Bonchev–Trinajstić information content (AvgIpc) is 3.11. The summed E-state index contributed by atoms with van der Waals surface area (Å²) in [7, 11) is 0. The Morgan fingerprint density at radius 2 is 2.08 bits per heavy atom. The monoisotopic (exact) mass is 343 g/mol. The van der Waals surface area contributed by atoms with Gasteiger partial charge >= 0.3 is 5.97 Å². The van der Waals surface area contributed by atoms with Gasteiger partial charge in [0, 0.05) is 24.9 Å². The number of esters is 1. The van der Waals surface area contributed by atoms with E-state index in [1.165, 1.54) is 24.1 Å². The third-order valence-electron chi connectivity index (χ3n) is 5.14. The van der Waals surface area contributed by atoms with Crippen LogP contribution in [0.4, 0.5) is 0 Å². The fourth-order valence-corrected chi connectivity index (χ4v) is 3.96. The molecule has 2 heterocycles. The van der Waals surface area contributed by atoms with Gasteiger partial charge in [-0.3, -0.25) is 0 Å². The number of carbonyl (C=O) groups excluding carboxylic acids is 1. The number of hydrogen-bond donors (Lipinski definition) is 0. The first-order chi connectivity index (χ1) is 12.3. The summed E-state index contributed by atoms with van der Waals surface area (Å²) in [6, 6.07) is 10.9. The summed E-state index contributed by atoms with van der Waals surface area (Å²) in [5.41, 5.74) is 3.32. The average molecular weight is 343 g/mol. The third-order valence-corrected chi connectivity index (χ3v) is 5.14. The van der Waals surface area contributed by atoms with Crippen molar-refractivity contribution in [3.8, 4) is 0 Å². The SMILES string of the molecule is CCOC(=O)C1=C(CCCOCc2ccccc2)N2CCC[C@H]2CC1. The highest BCUT2D eigenvalue weighted by atomic mass is 16.5.